The molecule has 0 aliphatic carbocycles. The van der Waals surface area contributed by atoms with Crippen molar-refractivity contribution in [3.63, 3.8) is 0 Å². The van der Waals surface area contributed by atoms with Gasteiger partial charge >= 0.3 is 23.9 Å². The summed E-state index contributed by atoms with van der Waals surface area (Å²) in [6.45, 7) is 5.09. The van der Waals surface area contributed by atoms with Gasteiger partial charge < -0.3 is 9.47 Å². The molecule has 0 saturated carbocycles. The first-order valence-electron chi connectivity index (χ1n) is 5.24. The molecule has 2 aliphatic heterocycles. The molecule has 0 amide bonds. The molecule has 6 heteroatoms. The smallest absolute Gasteiger partial charge is 0.341 e. The molecule has 0 aromatic rings. The van der Waals surface area contributed by atoms with Gasteiger partial charge in [0.25, 0.3) is 0 Å². The van der Waals surface area contributed by atoms with E-state index in [4.69, 9.17) is 0 Å². The summed E-state index contributed by atoms with van der Waals surface area (Å²) in [5, 5.41) is 0. The van der Waals surface area contributed by atoms with Crippen LogP contribution in [0.3, 0.4) is 0 Å². The minimum Gasteiger partial charge on any atom is -0.393 e. The Labute approximate surface area is 103 Å². The molecule has 2 saturated heterocycles. The van der Waals surface area contributed by atoms with Crippen LogP contribution in [0.25, 0.3) is 0 Å². The average Bonchev–Trinajstić information content (AvgIpc) is 2.72. The lowest BCUT2D eigenvalue weighted by atomic mass is 10.1. The monoisotopic (exact) mass is 252 g/mol. The van der Waals surface area contributed by atoms with Gasteiger partial charge in [-0.3, -0.25) is 14.4 Å². The van der Waals surface area contributed by atoms with Gasteiger partial charge in [0.05, 0.1) is 18.8 Å². The fourth-order valence-electron chi connectivity index (χ4n) is 1.33. The summed E-state index contributed by atoms with van der Waals surface area (Å²) in [7, 11) is 0. The van der Waals surface area contributed by atoms with E-state index in [2.05, 4.69) is 16.1 Å². The molecule has 18 heavy (non-hydrogen) atoms. The molecule has 2 rings (SSSR count). The second kappa shape index (κ2) is 5.90. The van der Waals surface area contributed by atoms with E-state index >= 15 is 0 Å². The van der Waals surface area contributed by atoms with Crippen LogP contribution in [0, 0.1) is 5.92 Å². The highest BCUT2D eigenvalue weighted by molar-refractivity contribution is 6.05. The summed E-state index contributed by atoms with van der Waals surface area (Å²) < 4.78 is 8.39. The van der Waals surface area contributed by atoms with Crippen LogP contribution in [-0.4, -0.2) is 23.9 Å². The molecule has 0 bridgehead atoms. The fraction of sp³-hybridized carbons (Fsp3) is 0.333. The third-order valence-electron chi connectivity index (χ3n) is 2.18. The Balaban J connectivity index is 0.000000184. The predicted octanol–water partition coefficient (Wildman–Crippen LogP) is 0.668. The first-order valence-corrected chi connectivity index (χ1v) is 5.24. The molecule has 6 nitrogen and oxygen atoms in total. The first kappa shape index (κ1) is 13.8. The van der Waals surface area contributed by atoms with Gasteiger partial charge in [0.15, 0.2) is 0 Å². The Morgan fingerprint density at radius 1 is 1.17 bits per heavy atom. The van der Waals surface area contributed by atoms with Crippen molar-refractivity contribution in [3.05, 3.63) is 24.3 Å². The second-order valence-electron chi connectivity index (χ2n) is 3.67. The molecule has 2 aliphatic rings. The second-order valence-corrected chi connectivity index (χ2v) is 3.67. The van der Waals surface area contributed by atoms with E-state index in [9.17, 15) is 19.2 Å². The van der Waals surface area contributed by atoms with Crippen molar-refractivity contribution in [1.29, 1.82) is 0 Å². The summed E-state index contributed by atoms with van der Waals surface area (Å²) in [6.07, 6.45) is 3.67. The van der Waals surface area contributed by atoms with Gasteiger partial charge in [-0.1, -0.05) is 18.7 Å². The molecule has 2 fully saturated rings. The van der Waals surface area contributed by atoms with Gasteiger partial charge in [0.1, 0.15) is 0 Å². The number of rotatable bonds is 1. The third kappa shape index (κ3) is 3.65. The van der Waals surface area contributed by atoms with Crippen LogP contribution in [0.1, 0.15) is 19.8 Å². The number of cyclic esters (lactones) is 4. The summed E-state index contributed by atoms with van der Waals surface area (Å²) in [6, 6.07) is 0. The van der Waals surface area contributed by atoms with Crippen molar-refractivity contribution in [1.82, 2.24) is 0 Å². The summed E-state index contributed by atoms with van der Waals surface area (Å²) in [5.74, 6) is -2.27. The van der Waals surface area contributed by atoms with Crippen molar-refractivity contribution < 1.29 is 28.7 Å². The highest BCUT2D eigenvalue weighted by atomic mass is 16.6. The van der Waals surface area contributed by atoms with Crippen LogP contribution in [0.15, 0.2) is 24.3 Å². The number of hydrogen-bond acceptors (Lipinski definition) is 6. The zero-order valence-electron chi connectivity index (χ0n) is 9.80. The van der Waals surface area contributed by atoms with E-state index in [1.165, 1.54) is 0 Å². The number of ether oxygens (including phenoxy) is 2. The summed E-state index contributed by atoms with van der Waals surface area (Å²) in [5.41, 5.74) is 0.245. The van der Waals surface area contributed by atoms with E-state index in [1.807, 2.05) is 0 Å². The lowest BCUT2D eigenvalue weighted by molar-refractivity contribution is -0.153. The molecule has 0 radical (unpaired) electrons. The molecule has 0 aromatic heterocycles. The van der Waals surface area contributed by atoms with E-state index in [0.717, 1.165) is 0 Å². The van der Waals surface area contributed by atoms with Crippen molar-refractivity contribution in [3.8, 4) is 0 Å². The Bertz CT molecular complexity index is 427. The van der Waals surface area contributed by atoms with E-state index < -0.39 is 23.9 Å². The lowest BCUT2D eigenvalue weighted by Crippen LogP contribution is -2.03. The Morgan fingerprint density at radius 3 is 2.11 bits per heavy atom. The number of carbonyl (C=O) groups is 4. The third-order valence-corrected chi connectivity index (χ3v) is 2.18. The standard InChI is InChI=1S/C7H8O3.C5H4O3/c1-2-3-5-4-6(8)10-7(5)9;1-3-2-4(6)8-5(3)7/h2-3,5H,4H2,1H3;1-2H2. The minimum absolute atomic E-state index is 0.0544. The Kier molecular flexibility index (Phi) is 4.53. The fourth-order valence-corrected chi connectivity index (χ4v) is 1.33. The quantitative estimate of drug-likeness (QED) is 0.295. The Morgan fingerprint density at radius 2 is 1.83 bits per heavy atom. The molecule has 1 unspecified atom stereocenters. The first-order chi connectivity index (χ1) is 8.43. The van der Waals surface area contributed by atoms with Crippen LogP contribution in [0.4, 0.5) is 0 Å². The minimum atomic E-state index is -0.588. The van der Waals surface area contributed by atoms with Crippen LogP contribution in [0.2, 0.25) is 0 Å². The maximum Gasteiger partial charge on any atom is 0.341 e. The summed E-state index contributed by atoms with van der Waals surface area (Å²) >= 11 is 0. The van der Waals surface area contributed by atoms with Crippen LogP contribution in [-0.2, 0) is 28.7 Å². The zero-order chi connectivity index (χ0) is 13.7. The number of hydrogen-bond donors (Lipinski definition) is 0. The molecule has 96 valence electrons. The van der Waals surface area contributed by atoms with Crippen molar-refractivity contribution >= 4 is 23.9 Å². The van der Waals surface area contributed by atoms with Gasteiger partial charge in [-0.15, -0.1) is 0 Å². The zero-order valence-corrected chi connectivity index (χ0v) is 9.80. The maximum absolute atomic E-state index is 10.7. The predicted molar refractivity (Wildman–Crippen MR) is 58.9 cm³/mol. The molecule has 2 heterocycles. The normalized spacial score (nSPS) is 22.9. The largest absolute Gasteiger partial charge is 0.393 e. The SMILES string of the molecule is C=C1CC(=O)OC1=O.CC=CC1CC(=O)OC1=O. The number of allylic oxidation sites excluding steroid dienone is 1. The molecule has 0 N–H and O–H groups in total. The Hall–Kier alpha value is -2.24. The van der Waals surface area contributed by atoms with Crippen molar-refractivity contribution in [2.24, 2.45) is 5.92 Å². The molecule has 0 spiro atoms. The molecule has 1 atom stereocenters. The van der Waals surface area contributed by atoms with Crippen LogP contribution in [0.5, 0.6) is 0 Å². The topological polar surface area (TPSA) is 86.7 Å². The summed E-state index contributed by atoms with van der Waals surface area (Å²) in [4.78, 5) is 41.5. The highest BCUT2D eigenvalue weighted by Crippen LogP contribution is 2.16. The van der Waals surface area contributed by atoms with Gasteiger partial charge in [0, 0.05) is 5.57 Å². The number of esters is 4. The van der Waals surface area contributed by atoms with Crippen molar-refractivity contribution in [2.75, 3.05) is 0 Å². The molecule has 0 aromatic carbocycles. The lowest BCUT2D eigenvalue weighted by Gasteiger charge is -1.91. The van der Waals surface area contributed by atoms with Crippen LogP contribution >= 0.6 is 0 Å². The molecular weight excluding hydrogens is 240 g/mol. The van der Waals surface area contributed by atoms with Gasteiger partial charge in [0.2, 0.25) is 0 Å². The van der Waals surface area contributed by atoms with E-state index in [0.29, 0.717) is 0 Å². The van der Waals surface area contributed by atoms with Gasteiger partial charge in [-0.2, -0.15) is 0 Å². The average molecular weight is 252 g/mol. The van der Waals surface area contributed by atoms with Crippen molar-refractivity contribution in [2.45, 2.75) is 19.8 Å². The molecular formula is C12H12O6. The van der Waals surface area contributed by atoms with Gasteiger partial charge in [-0.05, 0) is 6.92 Å². The van der Waals surface area contributed by atoms with Gasteiger partial charge in [-0.25, -0.2) is 4.79 Å². The van der Waals surface area contributed by atoms with E-state index in [1.54, 1.807) is 19.1 Å². The van der Waals surface area contributed by atoms with E-state index in [-0.39, 0.29) is 24.3 Å². The number of carbonyl (C=O) groups excluding carboxylic acids is 4. The van der Waals surface area contributed by atoms with Crippen LogP contribution < -0.4 is 0 Å². The maximum atomic E-state index is 10.7. The highest BCUT2D eigenvalue weighted by Gasteiger charge is 2.30.